The molecule has 0 aromatic carbocycles. The molecule has 10 heteroatoms. The van der Waals surface area contributed by atoms with E-state index in [2.05, 4.69) is 13.0 Å². The average molecular weight is 509 g/mol. The Morgan fingerprint density at radius 1 is 1.20 bits per heavy atom. The molecule has 0 spiro atoms. The Bertz CT molecular complexity index is 694. The Labute approximate surface area is 230 Å². The summed E-state index contributed by atoms with van der Waals surface area (Å²) in [4.78, 5) is 23.0. The van der Waals surface area contributed by atoms with Crippen molar-refractivity contribution in [3.63, 3.8) is 0 Å². The van der Waals surface area contributed by atoms with Crippen molar-refractivity contribution in [2.75, 3.05) is 13.2 Å². The van der Waals surface area contributed by atoms with Crippen LogP contribution in [0.15, 0.2) is 23.8 Å². The predicted octanol–water partition coefficient (Wildman–Crippen LogP) is -2.92. The normalized spacial score (nSPS) is 27.7. The zero-order valence-electron chi connectivity index (χ0n) is 21.4. The van der Waals surface area contributed by atoms with E-state index in [9.17, 15) is 30.0 Å². The summed E-state index contributed by atoms with van der Waals surface area (Å²) in [5, 5.41) is 56.1. The summed E-state index contributed by atoms with van der Waals surface area (Å²) < 4.78 is 5.83. The number of hydrogen-bond donors (Lipinski definition) is 5. The van der Waals surface area contributed by atoms with E-state index in [0.29, 0.717) is 25.7 Å². The van der Waals surface area contributed by atoms with Crippen molar-refractivity contribution >= 4 is 11.9 Å². The predicted molar refractivity (Wildman–Crippen MR) is 123 cm³/mol. The molecule has 0 radical (unpaired) electrons. The maximum Gasteiger partial charge on any atom is 1.00 e. The summed E-state index contributed by atoms with van der Waals surface area (Å²) in [6.07, 6.45) is 4.31. The van der Waals surface area contributed by atoms with Gasteiger partial charge in [-0.15, -0.1) is 0 Å². The molecule has 0 fully saturated rings. The number of carboxylic acids is 1. The molecule has 0 bridgehead atoms. The van der Waals surface area contributed by atoms with Crippen LogP contribution in [0.2, 0.25) is 0 Å². The number of allylic oxidation sites excluding steroid dienone is 2. The van der Waals surface area contributed by atoms with Gasteiger partial charge in [0.2, 0.25) is 0 Å². The molecular weight excluding hydrogens is 467 g/mol. The molecule has 2 aliphatic rings. The number of esters is 1. The summed E-state index contributed by atoms with van der Waals surface area (Å²) in [7, 11) is 0. The van der Waals surface area contributed by atoms with Crippen molar-refractivity contribution in [2.45, 2.75) is 83.7 Å². The number of rotatable bonds is 11. The molecule has 0 unspecified atom stereocenters. The largest absolute Gasteiger partial charge is 1.00 e. The molecule has 35 heavy (non-hydrogen) atoms. The molecule has 0 amide bonds. The minimum atomic E-state index is -1.35. The Morgan fingerprint density at radius 2 is 1.83 bits per heavy atom. The van der Waals surface area contributed by atoms with E-state index in [4.69, 9.17) is 14.9 Å². The Balaban J connectivity index is 0.00000214. The van der Waals surface area contributed by atoms with Crippen molar-refractivity contribution in [1.82, 2.24) is 0 Å². The third-order valence-corrected chi connectivity index (χ3v) is 6.53. The van der Waals surface area contributed by atoms with Crippen LogP contribution in [-0.2, 0) is 14.3 Å². The first-order valence-corrected chi connectivity index (χ1v) is 12.1. The first-order valence-electron chi connectivity index (χ1n) is 12.1. The van der Waals surface area contributed by atoms with Crippen molar-refractivity contribution in [1.29, 1.82) is 0 Å². The van der Waals surface area contributed by atoms with Gasteiger partial charge in [-0.05, 0) is 43.1 Å². The maximum atomic E-state index is 12.4. The van der Waals surface area contributed by atoms with Crippen molar-refractivity contribution in [3.8, 4) is 0 Å². The van der Waals surface area contributed by atoms with Crippen LogP contribution in [0.3, 0.4) is 0 Å². The number of carbonyl (C=O) groups excluding carboxylic acids is 2. The number of fused-ring (bicyclic) bond motifs is 1. The monoisotopic (exact) mass is 508 g/mol. The second-order valence-corrected chi connectivity index (χ2v) is 9.31. The minimum Gasteiger partial charge on any atom is -0.550 e. The van der Waals surface area contributed by atoms with E-state index < -0.39 is 36.8 Å². The number of aliphatic hydroxyl groups is 5. The zero-order valence-corrected chi connectivity index (χ0v) is 23.4. The van der Waals surface area contributed by atoms with Crippen LogP contribution in [0.1, 0.15) is 59.3 Å². The van der Waals surface area contributed by atoms with Crippen molar-refractivity contribution in [3.05, 3.63) is 23.8 Å². The van der Waals surface area contributed by atoms with Crippen LogP contribution >= 0.6 is 0 Å². The molecule has 0 saturated carbocycles. The average Bonchev–Trinajstić information content (AvgIpc) is 2.77. The maximum absolute atomic E-state index is 12.4. The van der Waals surface area contributed by atoms with Crippen LogP contribution in [0, 0.1) is 23.7 Å². The number of hydrogen-bond acceptors (Lipinski definition) is 9. The summed E-state index contributed by atoms with van der Waals surface area (Å²) in [6, 6.07) is 0. The van der Waals surface area contributed by atoms with Gasteiger partial charge in [0.15, 0.2) is 0 Å². The van der Waals surface area contributed by atoms with E-state index in [0.717, 1.165) is 5.57 Å². The molecule has 0 saturated heterocycles. The molecule has 8 atom stereocenters. The van der Waals surface area contributed by atoms with Crippen LogP contribution in [0.5, 0.6) is 0 Å². The minimum absolute atomic E-state index is 0. The standard InChI is InChI=1S/C23H36O7.C2H6O2.Na/c1-4-13(2)23(29)30-20-11-17(25)9-15-6-5-14(3)19(22(15)20)8-7-16(24)10-18(26)12-21(27)28;3-1-2-4;/h5-6,9,13-14,16-20,22,24-26H,4,7-8,10-12H2,1-3H3,(H,27,28);3-4H,1-2H2;/q;;+1/p-1/t13-,14-,16+,17+,18+,19-,20-,22-;;/m0../s1. The number of carboxylic acid groups (broad SMARTS) is 1. The summed E-state index contributed by atoms with van der Waals surface area (Å²) in [5.41, 5.74) is 0.949. The second kappa shape index (κ2) is 17.6. The number of carbonyl (C=O) groups is 2. The fourth-order valence-electron chi connectivity index (χ4n) is 4.51. The smallest absolute Gasteiger partial charge is 0.550 e. The third kappa shape index (κ3) is 11.9. The van der Waals surface area contributed by atoms with Crippen molar-refractivity contribution in [2.24, 2.45) is 23.7 Å². The van der Waals surface area contributed by atoms with E-state index in [1.54, 1.807) is 0 Å². The summed E-state index contributed by atoms with van der Waals surface area (Å²) >= 11 is 0. The quantitative estimate of drug-likeness (QED) is 0.145. The Hall–Kier alpha value is -0.780. The van der Waals surface area contributed by atoms with E-state index >= 15 is 0 Å². The van der Waals surface area contributed by atoms with E-state index in [-0.39, 0.29) is 78.8 Å². The molecule has 0 heterocycles. The number of aliphatic hydroxyl groups excluding tert-OH is 5. The zero-order chi connectivity index (χ0) is 25.8. The summed E-state index contributed by atoms with van der Waals surface area (Å²) in [6.45, 7) is 5.58. The van der Waals surface area contributed by atoms with Gasteiger partial charge in [-0.2, -0.15) is 0 Å². The Kier molecular flexibility index (Phi) is 17.2. The van der Waals surface area contributed by atoms with Gasteiger partial charge in [-0.1, -0.05) is 39.0 Å². The summed E-state index contributed by atoms with van der Waals surface area (Å²) in [5.74, 6) is -1.60. The molecular formula is C25H41NaO9. The van der Waals surface area contributed by atoms with Gasteiger partial charge in [0.1, 0.15) is 6.10 Å². The van der Waals surface area contributed by atoms with Gasteiger partial charge in [0.25, 0.3) is 0 Å². The van der Waals surface area contributed by atoms with Crippen LogP contribution < -0.4 is 34.7 Å². The molecule has 9 nitrogen and oxygen atoms in total. The van der Waals surface area contributed by atoms with Gasteiger partial charge in [-0.25, -0.2) is 0 Å². The van der Waals surface area contributed by atoms with Crippen molar-refractivity contribution < 1.29 is 74.5 Å². The van der Waals surface area contributed by atoms with Gasteiger partial charge >= 0.3 is 35.5 Å². The molecule has 0 aromatic rings. The molecule has 2 rings (SSSR count). The number of aliphatic carboxylic acids is 1. The van der Waals surface area contributed by atoms with Gasteiger partial charge < -0.3 is 40.2 Å². The fourth-order valence-corrected chi connectivity index (χ4v) is 4.51. The topological polar surface area (TPSA) is 168 Å². The first-order chi connectivity index (χ1) is 16.0. The van der Waals surface area contributed by atoms with Crippen LogP contribution in [0.25, 0.3) is 0 Å². The third-order valence-electron chi connectivity index (χ3n) is 6.53. The van der Waals surface area contributed by atoms with Crippen LogP contribution in [0.4, 0.5) is 0 Å². The molecule has 5 N–H and O–H groups in total. The van der Waals surface area contributed by atoms with E-state index in [1.807, 2.05) is 26.0 Å². The van der Waals surface area contributed by atoms with Gasteiger partial charge in [-0.3, -0.25) is 4.79 Å². The van der Waals surface area contributed by atoms with E-state index in [1.165, 1.54) is 0 Å². The van der Waals surface area contributed by atoms with Gasteiger partial charge in [0.05, 0.1) is 37.4 Å². The van der Waals surface area contributed by atoms with Crippen LogP contribution in [-0.4, -0.2) is 75.1 Å². The van der Waals surface area contributed by atoms with Gasteiger partial charge in [0, 0.05) is 24.7 Å². The molecule has 0 aliphatic heterocycles. The molecule has 2 aliphatic carbocycles. The second-order valence-electron chi connectivity index (χ2n) is 9.31. The molecule has 196 valence electrons. The number of ether oxygens (including phenoxy) is 1. The Morgan fingerprint density at radius 3 is 2.37 bits per heavy atom. The SMILES string of the molecule is CC[C@H](C)C(=O)O[C@H]1C[C@H](O)C=C2C=C[C@H](C)[C@H](CC[C@@H](O)C[C@@H](O)CC(=O)[O-])[C@H]21.OCCO.[Na+]. The first kappa shape index (κ1) is 34.2. The fraction of sp³-hybridized carbons (Fsp3) is 0.760. The molecule has 0 aromatic heterocycles.